The summed E-state index contributed by atoms with van der Waals surface area (Å²) in [5.41, 5.74) is 1.23. The van der Waals surface area contributed by atoms with E-state index in [2.05, 4.69) is 15.6 Å². The second kappa shape index (κ2) is 10.8. The van der Waals surface area contributed by atoms with Gasteiger partial charge in [-0.25, -0.2) is 9.07 Å². The first kappa shape index (κ1) is 25.8. The molecule has 0 aliphatic heterocycles. The van der Waals surface area contributed by atoms with E-state index in [4.69, 9.17) is 4.74 Å². The molecule has 9 heteroatoms. The van der Waals surface area contributed by atoms with Crippen LogP contribution in [-0.4, -0.2) is 39.5 Å². The van der Waals surface area contributed by atoms with Crippen molar-refractivity contribution in [1.29, 1.82) is 0 Å². The van der Waals surface area contributed by atoms with Gasteiger partial charge in [0.2, 0.25) is 11.8 Å². The summed E-state index contributed by atoms with van der Waals surface area (Å²) in [4.78, 5) is 29.0. The van der Waals surface area contributed by atoms with Gasteiger partial charge in [0.1, 0.15) is 29.7 Å². The van der Waals surface area contributed by atoms with Crippen molar-refractivity contribution >= 4 is 28.5 Å². The number of fused-ring (bicyclic) bond motifs is 1. The highest BCUT2D eigenvalue weighted by Crippen LogP contribution is 2.32. The Labute approximate surface area is 215 Å². The maximum absolute atomic E-state index is 15.2. The first-order valence-corrected chi connectivity index (χ1v) is 12.0. The topological polar surface area (TPSA) is 89.4 Å². The van der Waals surface area contributed by atoms with Gasteiger partial charge in [0.15, 0.2) is 0 Å². The van der Waals surface area contributed by atoms with Crippen LogP contribution in [0.2, 0.25) is 0 Å². The Balaban J connectivity index is 1.83. The van der Waals surface area contributed by atoms with Gasteiger partial charge in [-0.3, -0.25) is 14.5 Å². The number of hydrogen-bond acceptors (Lipinski definition) is 5. The number of nitrogens with one attached hydrogen (secondary N) is 1. The van der Waals surface area contributed by atoms with Crippen molar-refractivity contribution in [3.05, 3.63) is 84.2 Å². The molecule has 2 amide bonds. The molecule has 37 heavy (non-hydrogen) atoms. The summed E-state index contributed by atoms with van der Waals surface area (Å²) in [5.74, 6) is -0.988. The molecule has 0 aliphatic carbocycles. The molecule has 1 N–H and O–H groups in total. The lowest BCUT2D eigenvalue weighted by Gasteiger charge is -2.34. The molecule has 1 heterocycles. The van der Waals surface area contributed by atoms with E-state index in [-0.39, 0.29) is 12.2 Å². The number of ether oxygens (including phenoxy) is 1. The molecule has 0 bridgehead atoms. The molecule has 8 nitrogen and oxygen atoms in total. The molecular formula is C28H30FN5O3. The van der Waals surface area contributed by atoms with Gasteiger partial charge in [0.25, 0.3) is 0 Å². The molecule has 192 valence electrons. The Kier molecular flexibility index (Phi) is 7.52. The molecule has 0 aliphatic rings. The quantitative estimate of drug-likeness (QED) is 0.359. The molecule has 3 aromatic carbocycles. The minimum atomic E-state index is -1.16. The van der Waals surface area contributed by atoms with E-state index in [1.165, 1.54) is 27.8 Å². The summed E-state index contributed by atoms with van der Waals surface area (Å²) in [6, 6.07) is 18.8. The number of nitrogens with zero attached hydrogens (tertiary/aromatic N) is 4. The average Bonchev–Trinajstić information content (AvgIpc) is 3.30. The van der Waals surface area contributed by atoms with Gasteiger partial charge in [-0.15, -0.1) is 5.10 Å². The van der Waals surface area contributed by atoms with E-state index in [9.17, 15) is 9.59 Å². The van der Waals surface area contributed by atoms with Crippen molar-refractivity contribution < 1.29 is 18.7 Å². The molecule has 0 fully saturated rings. The molecule has 0 spiro atoms. The van der Waals surface area contributed by atoms with E-state index in [0.29, 0.717) is 28.8 Å². The Bertz CT molecular complexity index is 1400. The van der Waals surface area contributed by atoms with Crippen LogP contribution < -0.4 is 15.0 Å². The summed E-state index contributed by atoms with van der Waals surface area (Å²) in [6.45, 7) is 5.50. The van der Waals surface area contributed by atoms with Crippen molar-refractivity contribution in [1.82, 2.24) is 20.3 Å². The number of hydrogen-bond donors (Lipinski definition) is 1. The monoisotopic (exact) mass is 503 g/mol. The lowest BCUT2D eigenvalue weighted by Crippen LogP contribution is -2.51. The fourth-order valence-electron chi connectivity index (χ4n) is 4.00. The zero-order valence-corrected chi connectivity index (χ0v) is 21.3. The average molecular weight is 504 g/mol. The number of amides is 2. The highest BCUT2D eigenvalue weighted by atomic mass is 19.1. The van der Waals surface area contributed by atoms with Crippen LogP contribution in [0.1, 0.15) is 38.8 Å². The molecule has 0 saturated heterocycles. The predicted molar refractivity (Wildman–Crippen MR) is 140 cm³/mol. The lowest BCUT2D eigenvalue weighted by atomic mass is 9.98. The molecule has 4 rings (SSSR count). The number of carbonyl (C=O) groups excluding carboxylic acids is 2. The maximum atomic E-state index is 15.2. The lowest BCUT2D eigenvalue weighted by molar-refractivity contribution is -0.128. The predicted octanol–water partition coefficient (Wildman–Crippen LogP) is 4.66. The second-order valence-electron chi connectivity index (χ2n) is 9.35. The minimum absolute atomic E-state index is 0.0119. The van der Waals surface area contributed by atoms with Crippen LogP contribution in [0.15, 0.2) is 72.8 Å². The van der Waals surface area contributed by atoms with E-state index in [1.807, 2.05) is 32.9 Å². The number of para-hydroxylation sites is 2. The zero-order valence-electron chi connectivity index (χ0n) is 21.3. The van der Waals surface area contributed by atoms with Crippen LogP contribution in [0, 0.1) is 5.82 Å². The third-order valence-electron chi connectivity index (χ3n) is 6.37. The van der Waals surface area contributed by atoms with Crippen molar-refractivity contribution in [2.75, 3.05) is 12.0 Å². The van der Waals surface area contributed by atoms with E-state index in [0.717, 1.165) is 0 Å². The number of carbonyl (C=O) groups is 2. The normalized spacial score (nSPS) is 12.2. The number of rotatable bonds is 9. The fourth-order valence-corrected chi connectivity index (χ4v) is 4.00. The van der Waals surface area contributed by atoms with Crippen LogP contribution in [0.25, 0.3) is 11.0 Å². The van der Waals surface area contributed by atoms with Crippen molar-refractivity contribution in [3.8, 4) is 5.75 Å². The molecule has 1 aromatic heterocycles. The molecule has 0 radical (unpaired) electrons. The van der Waals surface area contributed by atoms with Gasteiger partial charge in [-0.2, -0.15) is 0 Å². The number of aromatic nitrogens is 3. The zero-order chi connectivity index (χ0) is 26.6. The van der Waals surface area contributed by atoms with Crippen LogP contribution in [0.4, 0.5) is 10.1 Å². The standard InChI is InChI=1S/C28H30FN5O3/c1-5-28(2,3)30-27(36)26(19-14-16-20(37-4)17-15-19)34(23-12-8-6-10-21(23)29)25(35)18-33-24-13-9-7-11-22(24)31-32-33/h6-17,26H,5,18H2,1-4H3,(H,30,36). The van der Waals surface area contributed by atoms with Gasteiger partial charge < -0.3 is 10.1 Å². The molecular weight excluding hydrogens is 473 g/mol. The molecule has 4 aromatic rings. The number of halogens is 1. The first-order valence-electron chi connectivity index (χ1n) is 12.0. The van der Waals surface area contributed by atoms with Crippen molar-refractivity contribution in [2.24, 2.45) is 0 Å². The summed E-state index contributed by atoms with van der Waals surface area (Å²) in [7, 11) is 1.54. The summed E-state index contributed by atoms with van der Waals surface area (Å²) >= 11 is 0. The van der Waals surface area contributed by atoms with Crippen LogP contribution in [-0.2, 0) is 16.1 Å². The Morgan fingerprint density at radius 3 is 2.41 bits per heavy atom. The first-order chi connectivity index (χ1) is 17.7. The third kappa shape index (κ3) is 5.61. The Morgan fingerprint density at radius 1 is 1.05 bits per heavy atom. The largest absolute Gasteiger partial charge is 0.497 e. The van der Waals surface area contributed by atoms with Crippen molar-refractivity contribution in [2.45, 2.75) is 45.3 Å². The SMILES string of the molecule is CCC(C)(C)NC(=O)C(c1ccc(OC)cc1)N(C(=O)Cn1nnc2ccccc21)c1ccccc1F. The molecule has 1 atom stereocenters. The van der Waals surface area contributed by atoms with Gasteiger partial charge in [-0.1, -0.05) is 48.5 Å². The summed E-state index contributed by atoms with van der Waals surface area (Å²) < 4.78 is 21.9. The van der Waals surface area contributed by atoms with Crippen LogP contribution in [0.5, 0.6) is 5.75 Å². The molecule has 0 saturated carbocycles. The van der Waals surface area contributed by atoms with Crippen molar-refractivity contribution in [3.63, 3.8) is 0 Å². The number of anilines is 1. The summed E-state index contributed by atoms with van der Waals surface area (Å²) in [6.07, 6.45) is 0.659. The highest BCUT2D eigenvalue weighted by molar-refractivity contribution is 6.01. The number of methoxy groups -OCH3 is 1. The van der Waals surface area contributed by atoms with E-state index in [1.54, 1.807) is 49.6 Å². The van der Waals surface area contributed by atoms with Gasteiger partial charge >= 0.3 is 0 Å². The van der Waals surface area contributed by atoms with E-state index >= 15 is 4.39 Å². The third-order valence-corrected chi connectivity index (χ3v) is 6.37. The second-order valence-corrected chi connectivity index (χ2v) is 9.35. The van der Waals surface area contributed by atoms with Gasteiger partial charge in [0, 0.05) is 5.54 Å². The van der Waals surface area contributed by atoms with E-state index < -0.39 is 29.2 Å². The van der Waals surface area contributed by atoms with Gasteiger partial charge in [-0.05, 0) is 62.2 Å². The van der Waals surface area contributed by atoms with Gasteiger partial charge in [0.05, 0.1) is 18.3 Å². The van der Waals surface area contributed by atoms with Crippen LogP contribution in [0.3, 0.4) is 0 Å². The maximum Gasteiger partial charge on any atom is 0.249 e. The summed E-state index contributed by atoms with van der Waals surface area (Å²) in [5, 5.41) is 11.3. The minimum Gasteiger partial charge on any atom is -0.497 e. The fraction of sp³-hybridized carbons (Fsp3) is 0.286. The molecule has 1 unspecified atom stereocenters. The Hall–Kier alpha value is -4.27. The number of benzene rings is 3. The van der Waals surface area contributed by atoms with Crippen LogP contribution >= 0.6 is 0 Å². The Morgan fingerprint density at radius 2 is 1.73 bits per heavy atom. The highest BCUT2D eigenvalue weighted by Gasteiger charge is 2.36. The smallest absolute Gasteiger partial charge is 0.249 e.